The molecule has 0 radical (unpaired) electrons. The molecule has 5 nitrogen and oxygen atoms in total. The Morgan fingerprint density at radius 1 is 1.23 bits per heavy atom. The number of aromatic nitrogens is 2. The van der Waals surface area contributed by atoms with Gasteiger partial charge in [-0.05, 0) is 30.5 Å². The molecule has 0 saturated heterocycles. The minimum Gasteiger partial charge on any atom is -0.471 e. The van der Waals surface area contributed by atoms with Gasteiger partial charge in [-0.15, -0.1) is 0 Å². The Labute approximate surface area is 147 Å². The van der Waals surface area contributed by atoms with E-state index in [4.69, 9.17) is 4.74 Å². The minimum absolute atomic E-state index is 0.00415. The third kappa shape index (κ3) is 3.68. The van der Waals surface area contributed by atoms with Crippen LogP contribution in [0.4, 0.5) is 13.2 Å². The number of hydrogen-bond acceptors (Lipinski definition) is 5. The SMILES string of the molecule is COC(=O)c1cccc2nc(C(F)(F)F)c(OCC3=CCCC=C3)nc12. The Kier molecular flexibility index (Phi) is 4.92. The molecule has 0 unspecified atom stereocenters. The molecule has 0 amide bonds. The highest BCUT2D eigenvalue weighted by atomic mass is 19.4. The van der Waals surface area contributed by atoms with Crippen molar-refractivity contribution in [1.82, 2.24) is 9.97 Å². The van der Waals surface area contributed by atoms with E-state index in [1.54, 1.807) is 6.08 Å². The van der Waals surface area contributed by atoms with Crippen molar-refractivity contribution in [2.45, 2.75) is 19.0 Å². The van der Waals surface area contributed by atoms with Gasteiger partial charge >= 0.3 is 12.1 Å². The van der Waals surface area contributed by atoms with Gasteiger partial charge in [-0.25, -0.2) is 14.8 Å². The monoisotopic (exact) mass is 364 g/mol. The predicted octanol–water partition coefficient (Wildman–Crippen LogP) is 4.09. The molecular weight excluding hydrogens is 349 g/mol. The second-order valence-electron chi connectivity index (χ2n) is 5.59. The van der Waals surface area contributed by atoms with Crippen LogP contribution in [-0.4, -0.2) is 29.7 Å². The standard InChI is InChI=1S/C18H15F3N2O3/c1-25-17(24)12-8-5-9-13-14(12)23-16(15(22-13)18(19,20)21)26-10-11-6-3-2-4-7-11/h3,5-9H,2,4,10H2,1H3. The molecule has 1 aliphatic carbocycles. The zero-order chi connectivity index (χ0) is 18.7. The Morgan fingerprint density at radius 2 is 2.04 bits per heavy atom. The molecule has 8 heteroatoms. The average Bonchev–Trinajstić information content (AvgIpc) is 2.64. The highest BCUT2D eigenvalue weighted by molar-refractivity contribution is 6.01. The van der Waals surface area contributed by atoms with E-state index in [0.29, 0.717) is 0 Å². The van der Waals surface area contributed by atoms with Crippen molar-refractivity contribution in [3.05, 3.63) is 53.3 Å². The third-order valence-corrected chi connectivity index (χ3v) is 3.78. The smallest absolute Gasteiger partial charge is 0.438 e. The number of benzene rings is 1. The number of esters is 1. The van der Waals surface area contributed by atoms with Gasteiger partial charge in [0, 0.05) is 0 Å². The van der Waals surface area contributed by atoms with E-state index < -0.39 is 23.7 Å². The Morgan fingerprint density at radius 3 is 2.69 bits per heavy atom. The van der Waals surface area contributed by atoms with E-state index in [1.807, 2.05) is 12.2 Å². The van der Waals surface area contributed by atoms with Crippen molar-refractivity contribution < 1.29 is 27.4 Å². The summed E-state index contributed by atoms with van der Waals surface area (Å²) in [4.78, 5) is 19.4. The van der Waals surface area contributed by atoms with Crippen molar-refractivity contribution in [2.24, 2.45) is 0 Å². The molecule has 1 aliphatic rings. The molecule has 26 heavy (non-hydrogen) atoms. The lowest BCUT2D eigenvalue weighted by Gasteiger charge is -2.15. The lowest BCUT2D eigenvalue weighted by atomic mass is 10.1. The van der Waals surface area contributed by atoms with Gasteiger partial charge in [-0.3, -0.25) is 0 Å². The molecule has 0 saturated carbocycles. The van der Waals surface area contributed by atoms with Gasteiger partial charge in [-0.1, -0.05) is 24.3 Å². The first-order valence-corrected chi connectivity index (χ1v) is 7.85. The molecule has 0 aliphatic heterocycles. The van der Waals surface area contributed by atoms with Crippen LogP contribution in [-0.2, 0) is 10.9 Å². The fourth-order valence-corrected chi connectivity index (χ4v) is 2.55. The summed E-state index contributed by atoms with van der Waals surface area (Å²) in [5.74, 6) is -1.38. The predicted molar refractivity (Wildman–Crippen MR) is 87.8 cm³/mol. The number of para-hydroxylation sites is 1. The number of carbonyl (C=O) groups excluding carboxylic acids is 1. The van der Waals surface area contributed by atoms with Crippen LogP contribution in [0.2, 0.25) is 0 Å². The number of hydrogen-bond donors (Lipinski definition) is 0. The van der Waals surface area contributed by atoms with E-state index in [1.165, 1.54) is 25.3 Å². The molecule has 2 aromatic rings. The van der Waals surface area contributed by atoms with Gasteiger partial charge < -0.3 is 9.47 Å². The van der Waals surface area contributed by atoms with Crippen LogP contribution in [0, 0.1) is 0 Å². The van der Waals surface area contributed by atoms with E-state index in [0.717, 1.165) is 18.4 Å². The van der Waals surface area contributed by atoms with Crippen molar-refractivity contribution in [1.29, 1.82) is 0 Å². The average molecular weight is 364 g/mol. The van der Waals surface area contributed by atoms with Crippen LogP contribution in [0.5, 0.6) is 5.88 Å². The fourth-order valence-electron chi connectivity index (χ4n) is 2.55. The Bertz CT molecular complexity index is 904. The van der Waals surface area contributed by atoms with Gasteiger partial charge in [0.25, 0.3) is 0 Å². The van der Waals surface area contributed by atoms with E-state index in [9.17, 15) is 18.0 Å². The highest BCUT2D eigenvalue weighted by Gasteiger charge is 2.38. The summed E-state index contributed by atoms with van der Waals surface area (Å²) in [5.41, 5.74) is -0.521. The van der Waals surface area contributed by atoms with Crippen LogP contribution in [0.15, 0.2) is 42.0 Å². The van der Waals surface area contributed by atoms with Crippen LogP contribution >= 0.6 is 0 Å². The maximum Gasteiger partial charge on any atom is 0.438 e. The zero-order valence-corrected chi connectivity index (χ0v) is 13.8. The lowest BCUT2D eigenvalue weighted by molar-refractivity contribution is -0.142. The van der Waals surface area contributed by atoms with Crippen LogP contribution < -0.4 is 4.74 Å². The molecule has 0 atom stereocenters. The Hall–Kier alpha value is -2.90. The molecule has 0 spiro atoms. The summed E-state index contributed by atoms with van der Waals surface area (Å²) in [7, 11) is 1.18. The molecule has 0 bridgehead atoms. The molecule has 136 valence electrons. The van der Waals surface area contributed by atoms with E-state index in [2.05, 4.69) is 14.7 Å². The van der Waals surface area contributed by atoms with Gasteiger partial charge in [0.05, 0.1) is 18.2 Å². The number of methoxy groups -OCH3 is 1. The summed E-state index contributed by atoms with van der Waals surface area (Å²) in [6, 6.07) is 4.17. The van der Waals surface area contributed by atoms with Gasteiger partial charge in [0.1, 0.15) is 12.1 Å². The van der Waals surface area contributed by atoms with Crippen molar-refractivity contribution in [3.63, 3.8) is 0 Å². The van der Waals surface area contributed by atoms with Crippen LogP contribution in [0.25, 0.3) is 11.0 Å². The summed E-state index contributed by atoms with van der Waals surface area (Å²) < 4.78 is 50.1. The Balaban J connectivity index is 2.07. The number of halogens is 3. The molecule has 0 fully saturated rings. The summed E-state index contributed by atoms with van der Waals surface area (Å²) in [6.45, 7) is -0.0693. The molecule has 1 aromatic carbocycles. The van der Waals surface area contributed by atoms with Crippen LogP contribution in [0.1, 0.15) is 28.9 Å². The normalized spacial score (nSPS) is 14.2. The van der Waals surface area contributed by atoms with E-state index in [-0.39, 0.29) is 23.2 Å². The fraction of sp³-hybridized carbons (Fsp3) is 0.278. The quantitative estimate of drug-likeness (QED) is 0.765. The first-order valence-electron chi connectivity index (χ1n) is 7.85. The molecule has 0 N–H and O–H groups in total. The zero-order valence-electron chi connectivity index (χ0n) is 13.8. The molecular formula is C18H15F3N2O3. The number of nitrogens with zero attached hydrogens (tertiary/aromatic N) is 2. The summed E-state index contributed by atoms with van der Waals surface area (Å²) >= 11 is 0. The maximum atomic E-state index is 13.4. The van der Waals surface area contributed by atoms with Gasteiger partial charge in [0.15, 0.2) is 0 Å². The third-order valence-electron chi connectivity index (χ3n) is 3.78. The molecule has 1 heterocycles. The van der Waals surface area contributed by atoms with E-state index >= 15 is 0 Å². The number of carbonyl (C=O) groups is 1. The van der Waals surface area contributed by atoms with Crippen LogP contribution in [0.3, 0.4) is 0 Å². The molecule has 3 rings (SSSR count). The van der Waals surface area contributed by atoms with Gasteiger partial charge in [0.2, 0.25) is 11.6 Å². The topological polar surface area (TPSA) is 61.3 Å². The molecule has 1 aromatic heterocycles. The number of rotatable bonds is 4. The number of fused-ring (bicyclic) bond motifs is 1. The minimum atomic E-state index is -4.74. The van der Waals surface area contributed by atoms with Crippen molar-refractivity contribution in [2.75, 3.05) is 13.7 Å². The maximum absolute atomic E-state index is 13.4. The second-order valence-corrected chi connectivity index (χ2v) is 5.59. The first-order chi connectivity index (χ1) is 12.4. The second kappa shape index (κ2) is 7.15. The van der Waals surface area contributed by atoms with Gasteiger partial charge in [-0.2, -0.15) is 13.2 Å². The summed E-state index contributed by atoms with van der Waals surface area (Å²) in [6.07, 6.45) is 2.55. The number of allylic oxidation sites excluding steroid dienone is 2. The van der Waals surface area contributed by atoms with Crippen molar-refractivity contribution in [3.8, 4) is 5.88 Å². The highest BCUT2D eigenvalue weighted by Crippen LogP contribution is 2.35. The van der Waals surface area contributed by atoms with Crippen molar-refractivity contribution >= 4 is 17.0 Å². The lowest BCUT2D eigenvalue weighted by Crippen LogP contribution is -2.15. The summed E-state index contributed by atoms with van der Waals surface area (Å²) in [5, 5.41) is 0. The number of ether oxygens (including phenoxy) is 2. The largest absolute Gasteiger partial charge is 0.471 e. The first kappa shape index (κ1) is 17.9. The number of alkyl halides is 3.